The molecule has 2 aromatic rings. The van der Waals surface area contributed by atoms with Gasteiger partial charge in [0.1, 0.15) is 5.82 Å². The molecule has 7 heteroatoms. The first-order chi connectivity index (χ1) is 12.6. The molecular formula is C19H22FN3O3. The van der Waals surface area contributed by atoms with E-state index in [0.29, 0.717) is 19.0 Å². The highest BCUT2D eigenvalue weighted by Crippen LogP contribution is 2.32. The molecule has 3 rings (SSSR count). The molecule has 0 amide bonds. The molecule has 138 valence electrons. The minimum Gasteiger partial charge on any atom is -0.454 e. The van der Waals surface area contributed by atoms with Gasteiger partial charge in [0.25, 0.3) is 0 Å². The number of nitrogens with zero attached hydrogens (tertiary/aromatic N) is 2. The number of hydrogen-bond acceptors (Lipinski definition) is 4. The number of ether oxygens (including phenoxy) is 2. The number of benzene rings is 2. The zero-order chi connectivity index (χ0) is 18.5. The second-order valence-corrected chi connectivity index (χ2v) is 6.03. The lowest BCUT2D eigenvalue weighted by Crippen LogP contribution is -2.38. The number of guanidine groups is 1. The van der Waals surface area contributed by atoms with Crippen LogP contribution in [-0.4, -0.2) is 36.9 Å². The molecule has 1 aliphatic heterocycles. The SMILES string of the molecule is CN=C(NCc1ccc(F)c(CO)c1)N(C)Cc1ccc2c(c1)OCO2. The van der Waals surface area contributed by atoms with Crippen molar-refractivity contribution in [2.24, 2.45) is 4.99 Å². The van der Waals surface area contributed by atoms with Crippen molar-refractivity contribution in [1.29, 1.82) is 0 Å². The Bertz CT molecular complexity index is 811. The number of rotatable bonds is 5. The molecule has 2 aromatic carbocycles. The van der Waals surface area contributed by atoms with E-state index in [-0.39, 0.29) is 19.0 Å². The highest BCUT2D eigenvalue weighted by molar-refractivity contribution is 5.79. The molecule has 0 radical (unpaired) electrons. The maximum absolute atomic E-state index is 13.5. The van der Waals surface area contributed by atoms with Crippen molar-refractivity contribution in [2.45, 2.75) is 19.7 Å². The zero-order valence-corrected chi connectivity index (χ0v) is 14.8. The van der Waals surface area contributed by atoms with Crippen molar-refractivity contribution in [1.82, 2.24) is 10.2 Å². The third kappa shape index (κ3) is 4.05. The lowest BCUT2D eigenvalue weighted by atomic mass is 10.1. The second kappa shape index (κ2) is 8.05. The van der Waals surface area contributed by atoms with Gasteiger partial charge in [-0.1, -0.05) is 12.1 Å². The highest BCUT2D eigenvalue weighted by atomic mass is 19.1. The molecule has 0 aromatic heterocycles. The summed E-state index contributed by atoms with van der Waals surface area (Å²) < 4.78 is 24.2. The van der Waals surface area contributed by atoms with Crippen LogP contribution in [0.1, 0.15) is 16.7 Å². The summed E-state index contributed by atoms with van der Waals surface area (Å²) in [6.07, 6.45) is 0. The summed E-state index contributed by atoms with van der Waals surface area (Å²) in [5, 5.41) is 12.4. The maximum atomic E-state index is 13.5. The minimum absolute atomic E-state index is 0.255. The first kappa shape index (κ1) is 18.0. The molecule has 0 fully saturated rings. The van der Waals surface area contributed by atoms with Crippen molar-refractivity contribution in [3.8, 4) is 11.5 Å². The van der Waals surface area contributed by atoms with Crippen molar-refractivity contribution < 1.29 is 19.0 Å². The Morgan fingerprint density at radius 3 is 2.73 bits per heavy atom. The Morgan fingerprint density at radius 2 is 1.96 bits per heavy atom. The summed E-state index contributed by atoms with van der Waals surface area (Å²) in [5.41, 5.74) is 2.23. The molecule has 0 saturated heterocycles. The average molecular weight is 359 g/mol. The van der Waals surface area contributed by atoms with E-state index in [2.05, 4.69) is 10.3 Å². The standard InChI is InChI=1S/C19H22FN3O3/c1-21-19(22-9-13-3-5-16(20)15(7-13)11-24)23(2)10-14-4-6-17-18(8-14)26-12-25-17/h3-8,24H,9-12H2,1-2H3,(H,21,22). The zero-order valence-electron chi connectivity index (χ0n) is 14.8. The number of hydrogen-bond donors (Lipinski definition) is 2. The maximum Gasteiger partial charge on any atom is 0.231 e. The lowest BCUT2D eigenvalue weighted by molar-refractivity contribution is 0.174. The molecule has 1 aliphatic rings. The van der Waals surface area contributed by atoms with Gasteiger partial charge in [0.2, 0.25) is 6.79 Å². The van der Waals surface area contributed by atoms with Crippen LogP contribution in [0.25, 0.3) is 0 Å². The van der Waals surface area contributed by atoms with Gasteiger partial charge in [-0.25, -0.2) is 4.39 Å². The van der Waals surface area contributed by atoms with Gasteiger partial charge in [-0.3, -0.25) is 4.99 Å². The number of aliphatic hydroxyl groups excluding tert-OH is 1. The normalized spacial score (nSPS) is 13.0. The van der Waals surface area contributed by atoms with Crippen molar-refractivity contribution >= 4 is 5.96 Å². The van der Waals surface area contributed by atoms with Gasteiger partial charge in [-0.15, -0.1) is 0 Å². The van der Waals surface area contributed by atoms with Crippen LogP contribution in [0, 0.1) is 5.82 Å². The fraction of sp³-hybridized carbons (Fsp3) is 0.316. The Hall–Kier alpha value is -2.80. The first-order valence-corrected chi connectivity index (χ1v) is 8.29. The topological polar surface area (TPSA) is 66.3 Å². The van der Waals surface area contributed by atoms with E-state index in [1.807, 2.05) is 30.1 Å². The van der Waals surface area contributed by atoms with Crippen molar-refractivity contribution in [3.63, 3.8) is 0 Å². The van der Waals surface area contributed by atoms with E-state index < -0.39 is 5.82 Å². The van der Waals surface area contributed by atoms with Crippen LogP contribution in [0.15, 0.2) is 41.4 Å². The summed E-state index contributed by atoms with van der Waals surface area (Å²) >= 11 is 0. The molecule has 6 nitrogen and oxygen atoms in total. The summed E-state index contributed by atoms with van der Waals surface area (Å²) in [6, 6.07) is 10.5. The Kier molecular flexibility index (Phi) is 5.58. The Morgan fingerprint density at radius 1 is 1.19 bits per heavy atom. The van der Waals surface area contributed by atoms with Crippen LogP contribution in [-0.2, 0) is 19.7 Å². The lowest BCUT2D eigenvalue weighted by Gasteiger charge is -2.22. The van der Waals surface area contributed by atoms with E-state index in [9.17, 15) is 9.50 Å². The van der Waals surface area contributed by atoms with Gasteiger partial charge >= 0.3 is 0 Å². The van der Waals surface area contributed by atoms with Crippen molar-refractivity contribution in [2.75, 3.05) is 20.9 Å². The summed E-state index contributed by atoms with van der Waals surface area (Å²) in [6.45, 7) is 1.05. The van der Waals surface area contributed by atoms with E-state index in [0.717, 1.165) is 22.6 Å². The molecule has 0 aliphatic carbocycles. The predicted octanol–water partition coefficient (Wildman–Crippen LogP) is 2.25. The molecule has 0 spiro atoms. The molecular weight excluding hydrogens is 337 g/mol. The first-order valence-electron chi connectivity index (χ1n) is 8.29. The number of halogens is 1. The van der Waals surface area contributed by atoms with Crippen LogP contribution < -0.4 is 14.8 Å². The van der Waals surface area contributed by atoms with Crippen LogP contribution in [0.3, 0.4) is 0 Å². The average Bonchev–Trinajstić information content (AvgIpc) is 3.11. The largest absolute Gasteiger partial charge is 0.454 e. The van der Waals surface area contributed by atoms with Crippen LogP contribution in [0.4, 0.5) is 4.39 Å². The van der Waals surface area contributed by atoms with Gasteiger partial charge < -0.3 is 24.8 Å². The number of fused-ring (bicyclic) bond motifs is 1. The van der Waals surface area contributed by atoms with Gasteiger partial charge in [-0.05, 0) is 35.4 Å². The van der Waals surface area contributed by atoms with E-state index >= 15 is 0 Å². The summed E-state index contributed by atoms with van der Waals surface area (Å²) in [7, 11) is 3.64. The Labute approximate surface area is 151 Å². The summed E-state index contributed by atoms with van der Waals surface area (Å²) in [4.78, 5) is 6.26. The van der Waals surface area contributed by atoms with Gasteiger partial charge in [-0.2, -0.15) is 0 Å². The van der Waals surface area contributed by atoms with Gasteiger partial charge in [0.05, 0.1) is 6.61 Å². The van der Waals surface area contributed by atoms with Crippen LogP contribution >= 0.6 is 0 Å². The highest BCUT2D eigenvalue weighted by Gasteiger charge is 2.14. The molecule has 0 saturated carbocycles. The third-order valence-electron chi connectivity index (χ3n) is 4.16. The fourth-order valence-corrected chi connectivity index (χ4v) is 2.81. The molecule has 2 N–H and O–H groups in total. The molecule has 0 unspecified atom stereocenters. The minimum atomic E-state index is -0.402. The van der Waals surface area contributed by atoms with Crippen LogP contribution in [0.2, 0.25) is 0 Å². The fourth-order valence-electron chi connectivity index (χ4n) is 2.81. The van der Waals surface area contributed by atoms with E-state index in [1.165, 1.54) is 6.07 Å². The quantitative estimate of drug-likeness (QED) is 0.633. The molecule has 26 heavy (non-hydrogen) atoms. The Balaban J connectivity index is 1.61. The monoisotopic (exact) mass is 359 g/mol. The summed E-state index contributed by atoms with van der Waals surface area (Å²) in [5.74, 6) is 1.81. The number of aliphatic hydroxyl groups is 1. The smallest absolute Gasteiger partial charge is 0.231 e. The number of nitrogens with one attached hydrogen (secondary N) is 1. The predicted molar refractivity (Wildman–Crippen MR) is 96.6 cm³/mol. The number of aliphatic imine (C=N–C) groups is 1. The molecule has 0 atom stereocenters. The van der Waals surface area contributed by atoms with Crippen LogP contribution in [0.5, 0.6) is 11.5 Å². The second-order valence-electron chi connectivity index (χ2n) is 6.03. The molecule has 1 heterocycles. The third-order valence-corrected chi connectivity index (χ3v) is 4.16. The van der Waals surface area contributed by atoms with E-state index in [1.54, 1.807) is 19.2 Å². The molecule has 0 bridgehead atoms. The van der Waals surface area contributed by atoms with Gasteiger partial charge in [0.15, 0.2) is 17.5 Å². The van der Waals surface area contributed by atoms with E-state index in [4.69, 9.17) is 9.47 Å². The van der Waals surface area contributed by atoms with Gasteiger partial charge in [0, 0.05) is 32.7 Å². The van der Waals surface area contributed by atoms with Crippen molar-refractivity contribution in [3.05, 3.63) is 58.9 Å².